The third-order valence-electron chi connectivity index (χ3n) is 5.32. The van der Waals surface area contributed by atoms with E-state index in [0.29, 0.717) is 17.2 Å². The first-order valence-corrected chi connectivity index (χ1v) is 9.75. The van der Waals surface area contributed by atoms with Crippen LogP contribution in [0.15, 0.2) is 6.20 Å². The van der Waals surface area contributed by atoms with E-state index < -0.39 is 17.2 Å². The van der Waals surface area contributed by atoms with Gasteiger partial charge < -0.3 is 9.64 Å². The van der Waals surface area contributed by atoms with Gasteiger partial charge in [-0.3, -0.25) is 9.59 Å². The Labute approximate surface area is 165 Å². The fourth-order valence-electron chi connectivity index (χ4n) is 4.04. The van der Waals surface area contributed by atoms with E-state index >= 15 is 0 Å². The third-order valence-corrected chi connectivity index (χ3v) is 5.32. The number of ether oxygens (including phenoxy) is 1. The predicted molar refractivity (Wildman–Crippen MR) is 103 cm³/mol. The van der Waals surface area contributed by atoms with Gasteiger partial charge in [0.2, 0.25) is 0 Å². The second-order valence-electron chi connectivity index (χ2n) is 8.65. The van der Waals surface area contributed by atoms with Gasteiger partial charge in [-0.25, -0.2) is 19.7 Å². The highest BCUT2D eigenvalue weighted by Crippen LogP contribution is 2.40. The molecule has 0 bridgehead atoms. The van der Waals surface area contributed by atoms with Crippen LogP contribution in [0.1, 0.15) is 69.1 Å². The predicted octanol–water partition coefficient (Wildman–Crippen LogP) is 2.88. The van der Waals surface area contributed by atoms with Crippen molar-refractivity contribution < 1.29 is 19.1 Å². The summed E-state index contributed by atoms with van der Waals surface area (Å²) in [6, 6.07) is 0. The lowest BCUT2D eigenvalue weighted by Crippen LogP contribution is -2.67. The molecule has 1 aromatic rings. The lowest BCUT2D eigenvalue weighted by atomic mass is 9.78. The molecule has 2 amide bonds. The Morgan fingerprint density at radius 1 is 1.25 bits per heavy atom. The van der Waals surface area contributed by atoms with Gasteiger partial charge in [-0.2, -0.15) is 0 Å². The number of carbonyl (C=O) groups is 3. The number of hydrogen-bond donors (Lipinski definition) is 0. The van der Waals surface area contributed by atoms with Crippen LogP contribution in [0.4, 0.5) is 10.6 Å². The number of aromatic nitrogens is 2. The van der Waals surface area contributed by atoms with Gasteiger partial charge in [0.15, 0.2) is 6.29 Å². The maximum Gasteiger partial charge on any atom is 0.417 e. The van der Waals surface area contributed by atoms with Crippen LogP contribution < -0.4 is 4.90 Å². The molecular formula is C20H28N4O4. The number of rotatable bonds is 2. The summed E-state index contributed by atoms with van der Waals surface area (Å²) in [6.45, 7) is 7.31. The van der Waals surface area contributed by atoms with E-state index in [1.165, 1.54) is 11.1 Å². The van der Waals surface area contributed by atoms with E-state index in [9.17, 15) is 14.4 Å². The summed E-state index contributed by atoms with van der Waals surface area (Å²) in [4.78, 5) is 48.8. The highest BCUT2D eigenvalue weighted by molar-refractivity contribution is 5.97. The van der Waals surface area contributed by atoms with Crippen molar-refractivity contribution in [1.82, 2.24) is 14.9 Å². The maximum atomic E-state index is 12.9. The molecule has 8 heteroatoms. The Hall–Kier alpha value is -2.51. The molecule has 1 saturated carbocycles. The van der Waals surface area contributed by atoms with Crippen LogP contribution in [0.2, 0.25) is 0 Å². The molecule has 0 radical (unpaired) electrons. The van der Waals surface area contributed by atoms with Crippen LogP contribution in [0, 0.1) is 6.92 Å². The molecule has 2 aliphatic rings. The minimum Gasteiger partial charge on any atom is -0.443 e. The maximum absolute atomic E-state index is 12.9. The zero-order chi connectivity index (χ0) is 20.5. The lowest BCUT2D eigenvalue weighted by Gasteiger charge is -2.52. The molecule has 1 saturated heterocycles. The molecule has 152 valence electrons. The molecule has 8 nitrogen and oxygen atoms in total. The molecule has 28 heavy (non-hydrogen) atoms. The highest BCUT2D eigenvalue weighted by Gasteiger charge is 2.49. The van der Waals surface area contributed by atoms with Crippen LogP contribution in [0.25, 0.3) is 0 Å². The highest BCUT2D eigenvalue weighted by atomic mass is 16.6. The van der Waals surface area contributed by atoms with Crippen LogP contribution in [-0.4, -0.2) is 57.4 Å². The smallest absolute Gasteiger partial charge is 0.417 e. The molecule has 2 fully saturated rings. The SMILES string of the molecule is Cc1ncc(C=O)c(N2CC(=O)N(C(=O)OC(C)(C)C)CC23CCCCC3)n1. The van der Waals surface area contributed by atoms with Crippen molar-refractivity contribution in [3.63, 3.8) is 0 Å². The average Bonchev–Trinajstić information content (AvgIpc) is 2.62. The van der Waals surface area contributed by atoms with Gasteiger partial charge in [0.05, 0.1) is 24.2 Å². The van der Waals surface area contributed by atoms with Crippen molar-refractivity contribution >= 4 is 24.1 Å². The van der Waals surface area contributed by atoms with Crippen molar-refractivity contribution in [2.24, 2.45) is 0 Å². The van der Waals surface area contributed by atoms with E-state index in [4.69, 9.17) is 4.74 Å². The Morgan fingerprint density at radius 2 is 1.93 bits per heavy atom. The number of nitrogens with zero attached hydrogens (tertiary/aromatic N) is 4. The zero-order valence-corrected chi connectivity index (χ0v) is 17.0. The molecule has 1 aromatic heterocycles. The number of anilines is 1. The van der Waals surface area contributed by atoms with Crippen molar-refractivity contribution in [2.45, 2.75) is 70.9 Å². The number of piperazine rings is 1. The van der Waals surface area contributed by atoms with E-state index in [-0.39, 0.29) is 19.0 Å². The van der Waals surface area contributed by atoms with Crippen molar-refractivity contribution in [3.05, 3.63) is 17.6 Å². The number of aldehydes is 1. The fourth-order valence-corrected chi connectivity index (χ4v) is 4.04. The normalized spacial score (nSPS) is 19.6. The summed E-state index contributed by atoms with van der Waals surface area (Å²) in [5.74, 6) is 0.661. The number of hydrogen-bond acceptors (Lipinski definition) is 7. The number of aryl methyl sites for hydroxylation is 1. The molecule has 0 atom stereocenters. The molecule has 0 N–H and O–H groups in total. The second kappa shape index (κ2) is 7.48. The van der Waals surface area contributed by atoms with Gasteiger partial charge in [-0.05, 0) is 40.5 Å². The van der Waals surface area contributed by atoms with Gasteiger partial charge in [0, 0.05) is 6.20 Å². The van der Waals surface area contributed by atoms with Gasteiger partial charge >= 0.3 is 6.09 Å². The molecule has 0 unspecified atom stereocenters. The third kappa shape index (κ3) is 4.00. The molecule has 1 aliphatic heterocycles. The average molecular weight is 388 g/mol. The monoisotopic (exact) mass is 388 g/mol. The van der Waals surface area contributed by atoms with E-state index in [2.05, 4.69) is 9.97 Å². The summed E-state index contributed by atoms with van der Waals surface area (Å²) in [5, 5.41) is 0. The first-order valence-electron chi connectivity index (χ1n) is 9.75. The Balaban J connectivity index is 1.99. The van der Waals surface area contributed by atoms with Crippen LogP contribution in [0.3, 0.4) is 0 Å². The Morgan fingerprint density at radius 3 is 2.54 bits per heavy atom. The van der Waals surface area contributed by atoms with Crippen molar-refractivity contribution in [2.75, 3.05) is 18.0 Å². The largest absolute Gasteiger partial charge is 0.443 e. The number of carbonyl (C=O) groups excluding carboxylic acids is 3. The van der Waals surface area contributed by atoms with Gasteiger partial charge in [0.25, 0.3) is 5.91 Å². The molecular weight excluding hydrogens is 360 g/mol. The molecule has 0 aromatic carbocycles. The molecule has 1 aliphatic carbocycles. The first kappa shape index (κ1) is 20.2. The molecule has 2 heterocycles. The Bertz CT molecular complexity index is 781. The topological polar surface area (TPSA) is 92.7 Å². The Kier molecular flexibility index (Phi) is 5.41. The van der Waals surface area contributed by atoms with Gasteiger partial charge in [0.1, 0.15) is 17.2 Å². The van der Waals surface area contributed by atoms with Crippen molar-refractivity contribution in [1.29, 1.82) is 0 Å². The van der Waals surface area contributed by atoms with Crippen LogP contribution >= 0.6 is 0 Å². The van der Waals surface area contributed by atoms with Gasteiger partial charge in [-0.1, -0.05) is 19.3 Å². The second-order valence-corrected chi connectivity index (χ2v) is 8.65. The minimum absolute atomic E-state index is 0.0173. The van der Waals surface area contributed by atoms with Crippen molar-refractivity contribution in [3.8, 4) is 0 Å². The molecule has 3 rings (SSSR count). The summed E-state index contributed by atoms with van der Waals surface area (Å²) in [6.07, 6.45) is 6.33. The fraction of sp³-hybridized carbons (Fsp3) is 0.650. The minimum atomic E-state index is -0.678. The van der Waals surface area contributed by atoms with Crippen LogP contribution in [-0.2, 0) is 9.53 Å². The molecule has 1 spiro atoms. The lowest BCUT2D eigenvalue weighted by molar-refractivity contribution is -0.132. The van der Waals surface area contributed by atoms with E-state index in [1.807, 2.05) is 4.90 Å². The summed E-state index contributed by atoms with van der Waals surface area (Å²) >= 11 is 0. The summed E-state index contributed by atoms with van der Waals surface area (Å²) in [5.41, 5.74) is -0.765. The van der Waals surface area contributed by atoms with E-state index in [1.54, 1.807) is 27.7 Å². The van der Waals surface area contributed by atoms with Gasteiger partial charge in [-0.15, -0.1) is 0 Å². The number of imide groups is 1. The quantitative estimate of drug-likeness (QED) is 0.719. The van der Waals surface area contributed by atoms with E-state index in [0.717, 1.165) is 38.4 Å². The standard InChI is InChI=1S/C20H28N4O4/c1-14-21-10-15(12-25)17(22-14)24-11-16(26)23(18(27)28-19(2,3)4)13-20(24)8-6-5-7-9-20/h10,12H,5-9,11,13H2,1-4H3. The summed E-state index contributed by atoms with van der Waals surface area (Å²) in [7, 11) is 0. The summed E-state index contributed by atoms with van der Waals surface area (Å²) < 4.78 is 5.45. The number of amides is 2. The zero-order valence-electron chi connectivity index (χ0n) is 17.0. The van der Waals surface area contributed by atoms with Crippen LogP contribution in [0.5, 0.6) is 0 Å². The first-order chi connectivity index (χ1) is 13.1.